The van der Waals surface area contributed by atoms with E-state index in [4.69, 9.17) is 16.3 Å². The highest BCUT2D eigenvalue weighted by Crippen LogP contribution is 2.32. The van der Waals surface area contributed by atoms with Crippen molar-refractivity contribution in [3.05, 3.63) is 23.2 Å². The summed E-state index contributed by atoms with van der Waals surface area (Å²) in [5.74, 6) is -0.0146. The number of methoxy groups -OCH3 is 1. The quantitative estimate of drug-likeness (QED) is 0.798. The van der Waals surface area contributed by atoms with Gasteiger partial charge in [0.2, 0.25) is 5.91 Å². The molecule has 0 aromatic heterocycles. The Bertz CT molecular complexity index is 619. The molecule has 0 spiro atoms. The molecule has 19 heavy (non-hydrogen) atoms. The number of hydrogen-bond donors (Lipinski definition) is 0. The van der Waals surface area contributed by atoms with Gasteiger partial charge >= 0.3 is 10.2 Å². The van der Waals surface area contributed by atoms with E-state index < -0.39 is 21.4 Å². The van der Waals surface area contributed by atoms with Crippen LogP contribution < -0.4 is 9.64 Å². The molecular formula is C11H11ClFNO4S. The Kier molecular flexibility index (Phi) is 3.69. The molecule has 1 saturated heterocycles. The number of hydrogen-bond acceptors (Lipinski definition) is 4. The van der Waals surface area contributed by atoms with Crippen molar-refractivity contribution < 1.29 is 21.8 Å². The average Bonchev–Trinajstić information content (AvgIpc) is 2.71. The lowest BCUT2D eigenvalue weighted by molar-refractivity contribution is -0.117. The van der Waals surface area contributed by atoms with Crippen LogP contribution in [0.5, 0.6) is 5.75 Å². The summed E-state index contributed by atoms with van der Waals surface area (Å²) in [6.45, 7) is -0.208. The standard InChI is InChI=1S/C11H11ClFNO4S/c1-18-10-3-2-7(4-9(10)12)14-6-8(5-11(14)15)19(13,16)17/h2-4,8H,5-6H2,1H3. The molecule has 1 atom stereocenters. The van der Waals surface area contributed by atoms with Crippen molar-refractivity contribution in [1.82, 2.24) is 0 Å². The molecule has 0 N–H and O–H groups in total. The minimum absolute atomic E-state index is 0.208. The second kappa shape index (κ2) is 4.97. The summed E-state index contributed by atoms with van der Waals surface area (Å²) < 4.78 is 39.5. The lowest BCUT2D eigenvalue weighted by Gasteiger charge is -2.17. The molecule has 0 saturated carbocycles. The number of benzene rings is 1. The number of rotatable bonds is 3. The van der Waals surface area contributed by atoms with Crippen molar-refractivity contribution in [2.45, 2.75) is 11.7 Å². The Morgan fingerprint density at radius 2 is 2.16 bits per heavy atom. The summed E-state index contributed by atoms with van der Waals surface area (Å²) in [6, 6.07) is 4.60. The highest BCUT2D eigenvalue weighted by molar-refractivity contribution is 7.87. The van der Waals surface area contributed by atoms with E-state index >= 15 is 0 Å². The van der Waals surface area contributed by atoms with Crippen molar-refractivity contribution >= 4 is 33.4 Å². The topological polar surface area (TPSA) is 63.7 Å². The van der Waals surface area contributed by atoms with E-state index in [2.05, 4.69) is 0 Å². The third-order valence-electron chi connectivity index (χ3n) is 2.93. The van der Waals surface area contributed by atoms with Crippen molar-refractivity contribution in [1.29, 1.82) is 0 Å². The number of nitrogens with zero attached hydrogens (tertiary/aromatic N) is 1. The summed E-state index contributed by atoms with van der Waals surface area (Å²) >= 11 is 5.93. The van der Waals surface area contributed by atoms with E-state index in [0.717, 1.165) is 0 Å². The third-order valence-corrected chi connectivity index (χ3v) is 4.34. The summed E-state index contributed by atoms with van der Waals surface area (Å²) in [7, 11) is -3.27. The molecule has 1 aliphatic rings. The number of anilines is 1. The fourth-order valence-electron chi connectivity index (χ4n) is 1.94. The van der Waals surface area contributed by atoms with Crippen LogP contribution in [0.3, 0.4) is 0 Å². The van der Waals surface area contributed by atoms with Gasteiger partial charge in [0.25, 0.3) is 0 Å². The highest BCUT2D eigenvalue weighted by Gasteiger charge is 2.39. The SMILES string of the molecule is COc1ccc(N2CC(S(=O)(=O)F)CC2=O)cc1Cl. The summed E-state index contributed by atoms with van der Waals surface area (Å²) in [6.07, 6.45) is -0.359. The number of amides is 1. The van der Waals surface area contributed by atoms with Gasteiger partial charge in [0.05, 0.1) is 12.1 Å². The van der Waals surface area contributed by atoms with Crippen molar-refractivity contribution in [3.63, 3.8) is 0 Å². The highest BCUT2D eigenvalue weighted by atomic mass is 35.5. The van der Waals surface area contributed by atoms with Gasteiger partial charge in [-0.1, -0.05) is 11.6 Å². The zero-order valence-corrected chi connectivity index (χ0v) is 11.5. The minimum atomic E-state index is -4.72. The van der Waals surface area contributed by atoms with E-state index in [1.165, 1.54) is 18.1 Å². The zero-order chi connectivity index (χ0) is 14.2. The first-order chi connectivity index (χ1) is 8.82. The van der Waals surface area contributed by atoms with Gasteiger partial charge in [-0.2, -0.15) is 8.42 Å². The molecule has 1 heterocycles. The molecule has 1 aliphatic heterocycles. The molecule has 1 amide bonds. The van der Waals surface area contributed by atoms with Crippen LogP contribution >= 0.6 is 11.6 Å². The molecule has 0 bridgehead atoms. The van der Waals surface area contributed by atoms with Gasteiger partial charge in [-0.3, -0.25) is 4.79 Å². The summed E-state index contributed by atoms with van der Waals surface area (Å²) in [5.41, 5.74) is 0.418. The normalized spacial score (nSPS) is 19.8. The van der Waals surface area contributed by atoms with Crippen LogP contribution in [-0.4, -0.2) is 33.2 Å². The first-order valence-electron chi connectivity index (χ1n) is 5.40. The Balaban J connectivity index is 2.28. The number of carbonyl (C=O) groups excluding carboxylic acids is 1. The largest absolute Gasteiger partial charge is 0.495 e. The van der Waals surface area contributed by atoms with Crippen LogP contribution in [0.1, 0.15) is 6.42 Å². The van der Waals surface area contributed by atoms with Gasteiger partial charge in [-0.05, 0) is 18.2 Å². The molecule has 5 nitrogen and oxygen atoms in total. The molecule has 0 radical (unpaired) electrons. The lowest BCUT2D eigenvalue weighted by Crippen LogP contribution is -2.26. The fraction of sp³-hybridized carbons (Fsp3) is 0.364. The van der Waals surface area contributed by atoms with Crippen LogP contribution in [0.25, 0.3) is 0 Å². The first kappa shape index (κ1) is 14.1. The van der Waals surface area contributed by atoms with Gasteiger partial charge < -0.3 is 9.64 Å². The Labute approximate surface area is 115 Å². The number of halogens is 2. The van der Waals surface area contributed by atoms with Gasteiger partial charge in [-0.25, -0.2) is 0 Å². The maximum atomic E-state index is 12.9. The van der Waals surface area contributed by atoms with Gasteiger partial charge in [0.1, 0.15) is 11.0 Å². The predicted octanol–water partition coefficient (Wildman–Crippen LogP) is 1.75. The molecule has 0 aliphatic carbocycles. The van der Waals surface area contributed by atoms with Crippen molar-refractivity contribution in [3.8, 4) is 5.75 Å². The fourth-order valence-corrected chi connectivity index (χ4v) is 2.86. The van der Waals surface area contributed by atoms with Crippen LogP contribution in [0.15, 0.2) is 18.2 Å². The van der Waals surface area contributed by atoms with E-state index in [-0.39, 0.29) is 13.0 Å². The second-order valence-corrected chi connectivity index (χ2v) is 6.15. The molecule has 2 rings (SSSR count). The maximum Gasteiger partial charge on any atom is 0.307 e. The molecular weight excluding hydrogens is 297 g/mol. The predicted molar refractivity (Wildman–Crippen MR) is 68.8 cm³/mol. The van der Waals surface area contributed by atoms with Crippen molar-refractivity contribution in [2.24, 2.45) is 0 Å². The summed E-state index contributed by atoms with van der Waals surface area (Å²) in [4.78, 5) is 12.9. The van der Waals surface area contributed by atoms with Crippen molar-refractivity contribution in [2.75, 3.05) is 18.6 Å². The Morgan fingerprint density at radius 3 is 2.63 bits per heavy atom. The minimum Gasteiger partial charge on any atom is -0.495 e. The second-order valence-electron chi connectivity index (χ2n) is 4.12. The van der Waals surface area contributed by atoms with E-state index in [1.807, 2.05) is 0 Å². The molecule has 1 aromatic carbocycles. The average molecular weight is 308 g/mol. The van der Waals surface area contributed by atoms with Gasteiger partial charge in [0.15, 0.2) is 0 Å². The zero-order valence-electron chi connectivity index (χ0n) is 9.97. The monoisotopic (exact) mass is 307 g/mol. The Morgan fingerprint density at radius 1 is 1.47 bits per heavy atom. The lowest BCUT2D eigenvalue weighted by atomic mass is 10.3. The van der Waals surface area contributed by atoms with Crippen LogP contribution in [0.2, 0.25) is 5.02 Å². The van der Waals surface area contributed by atoms with Gasteiger partial charge in [0, 0.05) is 18.7 Å². The smallest absolute Gasteiger partial charge is 0.307 e. The molecule has 104 valence electrons. The van der Waals surface area contributed by atoms with E-state index in [1.54, 1.807) is 12.1 Å². The maximum absolute atomic E-state index is 12.9. The van der Waals surface area contributed by atoms with Crippen LogP contribution in [0, 0.1) is 0 Å². The van der Waals surface area contributed by atoms with Crippen LogP contribution in [0.4, 0.5) is 9.57 Å². The number of carbonyl (C=O) groups is 1. The van der Waals surface area contributed by atoms with E-state index in [9.17, 15) is 17.1 Å². The van der Waals surface area contributed by atoms with E-state index in [0.29, 0.717) is 16.5 Å². The summed E-state index contributed by atoms with van der Waals surface area (Å²) in [5, 5.41) is -1.03. The first-order valence-corrected chi connectivity index (χ1v) is 7.22. The molecule has 1 aromatic rings. The van der Waals surface area contributed by atoms with Crippen LogP contribution in [-0.2, 0) is 15.0 Å². The molecule has 8 heteroatoms. The molecule has 1 fully saturated rings. The third kappa shape index (κ3) is 2.82. The Hall–Kier alpha value is -1.34. The number of ether oxygens (including phenoxy) is 1. The van der Waals surface area contributed by atoms with Gasteiger partial charge in [-0.15, -0.1) is 3.89 Å². The molecule has 1 unspecified atom stereocenters.